The van der Waals surface area contributed by atoms with Gasteiger partial charge in [-0.25, -0.2) is 4.79 Å². The van der Waals surface area contributed by atoms with Crippen molar-refractivity contribution >= 4 is 11.7 Å². The second kappa shape index (κ2) is 9.17. The summed E-state index contributed by atoms with van der Waals surface area (Å²) in [7, 11) is 4.69. The van der Waals surface area contributed by atoms with E-state index in [4.69, 9.17) is 14.2 Å². The van der Waals surface area contributed by atoms with Crippen LogP contribution in [0, 0.1) is 0 Å². The molecule has 1 aromatic carbocycles. The molecule has 1 heterocycles. The third-order valence-corrected chi connectivity index (χ3v) is 5.61. The van der Waals surface area contributed by atoms with Crippen molar-refractivity contribution in [3.63, 3.8) is 0 Å². The Kier molecular flexibility index (Phi) is 6.66. The highest BCUT2D eigenvalue weighted by atomic mass is 16.5. The lowest BCUT2D eigenvalue weighted by Gasteiger charge is -2.40. The Morgan fingerprint density at radius 2 is 1.52 bits per heavy atom. The van der Waals surface area contributed by atoms with Crippen LogP contribution in [0.5, 0.6) is 17.2 Å². The number of anilines is 1. The van der Waals surface area contributed by atoms with E-state index in [1.165, 1.54) is 32.1 Å². The number of hydrogen-bond acceptors (Lipinski definition) is 5. The molecular weight excluding hydrogens is 346 g/mol. The molecule has 1 aliphatic carbocycles. The Morgan fingerprint density at radius 1 is 0.926 bits per heavy atom. The molecule has 150 valence electrons. The van der Waals surface area contributed by atoms with Crippen molar-refractivity contribution in [2.75, 3.05) is 52.8 Å². The van der Waals surface area contributed by atoms with Gasteiger partial charge in [-0.05, 0) is 12.8 Å². The van der Waals surface area contributed by atoms with Gasteiger partial charge in [0.25, 0.3) is 0 Å². The van der Waals surface area contributed by atoms with Crippen LogP contribution in [-0.2, 0) is 0 Å². The lowest BCUT2D eigenvalue weighted by Crippen LogP contribution is -2.53. The molecule has 0 spiro atoms. The van der Waals surface area contributed by atoms with E-state index in [2.05, 4.69) is 10.2 Å². The van der Waals surface area contributed by atoms with Crippen molar-refractivity contribution in [1.29, 1.82) is 0 Å². The quantitative estimate of drug-likeness (QED) is 0.854. The summed E-state index contributed by atoms with van der Waals surface area (Å²) in [6.45, 7) is 3.42. The number of amides is 2. The van der Waals surface area contributed by atoms with Crippen LogP contribution in [0.4, 0.5) is 10.5 Å². The SMILES string of the molecule is COc1cc(NC(=O)N2CCN(C3CCCCC3)CC2)cc(OC)c1OC. The van der Waals surface area contributed by atoms with Gasteiger partial charge in [0.15, 0.2) is 11.5 Å². The summed E-state index contributed by atoms with van der Waals surface area (Å²) < 4.78 is 16.0. The largest absolute Gasteiger partial charge is 0.493 e. The van der Waals surface area contributed by atoms with Gasteiger partial charge < -0.3 is 24.4 Å². The van der Waals surface area contributed by atoms with Crippen molar-refractivity contribution in [1.82, 2.24) is 9.80 Å². The highest BCUT2D eigenvalue weighted by Crippen LogP contribution is 2.40. The van der Waals surface area contributed by atoms with Crippen LogP contribution in [0.2, 0.25) is 0 Å². The number of benzene rings is 1. The standard InChI is InChI=1S/C20H31N3O4/c1-25-17-13-15(14-18(26-2)19(17)27-3)21-20(24)23-11-9-22(10-12-23)16-7-5-4-6-8-16/h13-14,16H,4-12H2,1-3H3,(H,21,24). The number of carbonyl (C=O) groups is 1. The maximum absolute atomic E-state index is 12.7. The molecule has 27 heavy (non-hydrogen) atoms. The van der Waals surface area contributed by atoms with Crippen LogP contribution in [0.15, 0.2) is 12.1 Å². The molecule has 1 N–H and O–H groups in total. The summed E-state index contributed by atoms with van der Waals surface area (Å²) >= 11 is 0. The minimum atomic E-state index is -0.0902. The molecular formula is C20H31N3O4. The van der Waals surface area contributed by atoms with Crippen LogP contribution in [0.3, 0.4) is 0 Å². The highest BCUT2D eigenvalue weighted by Gasteiger charge is 2.27. The number of ether oxygens (including phenoxy) is 3. The van der Waals surface area contributed by atoms with Crippen LogP contribution in [0.25, 0.3) is 0 Å². The number of nitrogens with zero attached hydrogens (tertiary/aromatic N) is 2. The summed E-state index contributed by atoms with van der Waals surface area (Å²) in [6, 6.07) is 4.11. The molecule has 2 aliphatic rings. The van der Waals surface area contributed by atoms with Crippen molar-refractivity contribution in [3.05, 3.63) is 12.1 Å². The van der Waals surface area contributed by atoms with Gasteiger partial charge in [0, 0.05) is 44.4 Å². The van der Waals surface area contributed by atoms with Gasteiger partial charge in [0.2, 0.25) is 5.75 Å². The first kappa shape index (κ1) is 19.6. The van der Waals surface area contributed by atoms with Crippen molar-refractivity contribution in [2.45, 2.75) is 38.1 Å². The van der Waals surface area contributed by atoms with Gasteiger partial charge in [-0.1, -0.05) is 19.3 Å². The summed E-state index contributed by atoms with van der Waals surface area (Å²) in [4.78, 5) is 17.1. The topological polar surface area (TPSA) is 63.3 Å². The Morgan fingerprint density at radius 3 is 2.04 bits per heavy atom. The average Bonchev–Trinajstić information content (AvgIpc) is 2.73. The molecule has 7 nitrogen and oxygen atoms in total. The molecule has 2 fully saturated rings. The van der Waals surface area contributed by atoms with E-state index >= 15 is 0 Å². The molecule has 7 heteroatoms. The van der Waals surface area contributed by atoms with Crippen LogP contribution in [-0.4, -0.2) is 69.4 Å². The number of methoxy groups -OCH3 is 3. The minimum Gasteiger partial charge on any atom is -0.493 e. The molecule has 0 bridgehead atoms. The van der Waals surface area contributed by atoms with Crippen LogP contribution < -0.4 is 19.5 Å². The molecule has 0 radical (unpaired) electrons. The first-order chi connectivity index (χ1) is 13.2. The van der Waals surface area contributed by atoms with E-state index in [1.807, 2.05) is 4.90 Å². The molecule has 0 atom stereocenters. The van der Waals surface area contributed by atoms with Gasteiger partial charge in [0.1, 0.15) is 0 Å². The Labute approximate surface area is 161 Å². The molecule has 2 amide bonds. The molecule has 1 aliphatic heterocycles. The van der Waals surface area contributed by atoms with E-state index in [9.17, 15) is 4.79 Å². The minimum absolute atomic E-state index is 0.0902. The maximum atomic E-state index is 12.7. The van der Waals surface area contributed by atoms with Gasteiger partial charge >= 0.3 is 6.03 Å². The monoisotopic (exact) mass is 377 g/mol. The van der Waals surface area contributed by atoms with E-state index < -0.39 is 0 Å². The number of urea groups is 1. The van der Waals surface area contributed by atoms with E-state index in [0.29, 0.717) is 29.0 Å². The maximum Gasteiger partial charge on any atom is 0.321 e. The van der Waals surface area contributed by atoms with Crippen molar-refractivity contribution in [3.8, 4) is 17.2 Å². The molecule has 0 aromatic heterocycles. The number of nitrogens with one attached hydrogen (secondary N) is 1. The second-order valence-electron chi connectivity index (χ2n) is 7.16. The smallest absolute Gasteiger partial charge is 0.321 e. The zero-order chi connectivity index (χ0) is 19.2. The van der Waals surface area contributed by atoms with Crippen LogP contribution in [0.1, 0.15) is 32.1 Å². The lowest BCUT2D eigenvalue weighted by molar-refractivity contribution is 0.0943. The van der Waals surface area contributed by atoms with Gasteiger partial charge in [-0.3, -0.25) is 4.90 Å². The third kappa shape index (κ3) is 4.58. The average molecular weight is 377 g/mol. The van der Waals surface area contributed by atoms with E-state index in [1.54, 1.807) is 33.5 Å². The number of carbonyl (C=O) groups excluding carboxylic acids is 1. The van der Waals surface area contributed by atoms with Gasteiger partial charge in [0.05, 0.1) is 27.0 Å². The predicted molar refractivity (Wildman–Crippen MR) is 105 cm³/mol. The molecule has 0 unspecified atom stereocenters. The Balaban J connectivity index is 1.59. The highest BCUT2D eigenvalue weighted by molar-refractivity contribution is 5.90. The first-order valence-corrected chi connectivity index (χ1v) is 9.76. The fourth-order valence-corrected chi connectivity index (χ4v) is 4.09. The fourth-order valence-electron chi connectivity index (χ4n) is 4.09. The zero-order valence-corrected chi connectivity index (χ0v) is 16.6. The summed E-state index contributed by atoms with van der Waals surface area (Å²) in [5, 5.41) is 2.96. The number of piperazine rings is 1. The van der Waals surface area contributed by atoms with Crippen LogP contribution >= 0.6 is 0 Å². The first-order valence-electron chi connectivity index (χ1n) is 9.76. The Hall–Kier alpha value is -2.15. The van der Waals surface area contributed by atoms with E-state index in [-0.39, 0.29) is 6.03 Å². The van der Waals surface area contributed by atoms with Crippen molar-refractivity contribution in [2.24, 2.45) is 0 Å². The predicted octanol–water partition coefficient (Wildman–Crippen LogP) is 3.19. The zero-order valence-electron chi connectivity index (χ0n) is 16.6. The molecule has 1 saturated carbocycles. The fraction of sp³-hybridized carbons (Fsp3) is 0.650. The third-order valence-electron chi connectivity index (χ3n) is 5.61. The summed E-state index contributed by atoms with van der Waals surface area (Å²) in [5.74, 6) is 1.56. The molecule has 1 aromatic rings. The lowest BCUT2D eigenvalue weighted by atomic mass is 9.94. The van der Waals surface area contributed by atoms with Crippen molar-refractivity contribution < 1.29 is 19.0 Å². The summed E-state index contributed by atoms with van der Waals surface area (Å²) in [6.07, 6.45) is 6.65. The number of hydrogen-bond donors (Lipinski definition) is 1. The second-order valence-corrected chi connectivity index (χ2v) is 7.16. The molecule has 3 rings (SSSR count). The number of rotatable bonds is 5. The normalized spacial score (nSPS) is 18.9. The van der Waals surface area contributed by atoms with Gasteiger partial charge in [-0.15, -0.1) is 0 Å². The summed E-state index contributed by atoms with van der Waals surface area (Å²) in [5.41, 5.74) is 0.629. The molecule has 1 saturated heterocycles. The Bertz CT molecular complexity index is 613. The van der Waals surface area contributed by atoms with E-state index in [0.717, 1.165) is 26.2 Å². The van der Waals surface area contributed by atoms with Gasteiger partial charge in [-0.2, -0.15) is 0 Å².